The minimum Gasteiger partial charge on any atom is -0.326 e. The van der Waals surface area contributed by atoms with E-state index in [1.165, 1.54) is 18.2 Å². The van der Waals surface area contributed by atoms with E-state index in [1.807, 2.05) is 6.92 Å². The molecule has 0 unspecified atom stereocenters. The summed E-state index contributed by atoms with van der Waals surface area (Å²) in [6, 6.07) is 4.48. The van der Waals surface area contributed by atoms with E-state index in [2.05, 4.69) is 9.82 Å². The smallest absolute Gasteiger partial charge is 0.240 e. The first-order valence-corrected chi connectivity index (χ1v) is 8.17. The lowest BCUT2D eigenvalue weighted by Crippen LogP contribution is -2.23. The van der Waals surface area contributed by atoms with E-state index in [9.17, 15) is 8.42 Å². The molecular formula is C13H17ClN4O2S. The zero-order valence-corrected chi connectivity index (χ0v) is 13.4. The average molecular weight is 329 g/mol. The molecule has 2 rings (SSSR count). The number of aromatic nitrogens is 2. The second-order valence-corrected chi connectivity index (χ2v) is 6.83. The van der Waals surface area contributed by atoms with Gasteiger partial charge in [0, 0.05) is 36.4 Å². The molecule has 21 heavy (non-hydrogen) atoms. The highest BCUT2D eigenvalue weighted by Gasteiger charge is 2.16. The van der Waals surface area contributed by atoms with E-state index in [1.54, 1.807) is 17.9 Å². The predicted octanol–water partition coefficient (Wildman–Crippen LogP) is 1.32. The largest absolute Gasteiger partial charge is 0.326 e. The summed E-state index contributed by atoms with van der Waals surface area (Å²) >= 11 is 5.94. The fourth-order valence-corrected chi connectivity index (χ4v) is 3.10. The van der Waals surface area contributed by atoms with Crippen LogP contribution in [-0.4, -0.2) is 18.2 Å². The maximum atomic E-state index is 12.3. The number of nitrogens with zero attached hydrogens (tertiary/aromatic N) is 2. The van der Waals surface area contributed by atoms with Crippen LogP contribution in [0.3, 0.4) is 0 Å². The molecule has 0 aliphatic heterocycles. The van der Waals surface area contributed by atoms with E-state index in [0.29, 0.717) is 10.6 Å². The molecule has 2 aromatic rings. The Kier molecular flexibility index (Phi) is 4.67. The number of aryl methyl sites for hydroxylation is 1. The molecule has 1 aromatic heterocycles. The predicted molar refractivity (Wildman–Crippen MR) is 81.3 cm³/mol. The zero-order valence-electron chi connectivity index (χ0n) is 11.8. The molecule has 0 aliphatic rings. The number of nitrogens with two attached hydrogens (primary N) is 1. The van der Waals surface area contributed by atoms with Crippen LogP contribution >= 0.6 is 11.6 Å². The highest BCUT2D eigenvalue weighted by molar-refractivity contribution is 7.89. The molecule has 0 spiro atoms. The Labute approximate surface area is 129 Å². The van der Waals surface area contributed by atoms with Gasteiger partial charge < -0.3 is 5.73 Å². The van der Waals surface area contributed by atoms with Crippen LogP contribution in [0.4, 0.5) is 0 Å². The Balaban J connectivity index is 2.20. The number of benzene rings is 1. The molecule has 8 heteroatoms. The number of rotatable bonds is 5. The van der Waals surface area contributed by atoms with Gasteiger partial charge in [-0.25, -0.2) is 13.1 Å². The highest BCUT2D eigenvalue weighted by atomic mass is 35.5. The quantitative estimate of drug-likeness (QED) is 0.866. The van der Waals surface area contributed by atoms with Crippen molar-refractivity contribution >= 4 is 21.6 Å². The van der Waals surface area contributed by atoms with Crippen LogP contribution in [-0.2, 0) is 30.2 Å². The van der Waals surface area contributed by atoms with Gasteiger partial charge in [0.25, 0.3) is 0 Å². The maximum absolute atomic E-state index is 12.3. The summed E-state index contributed by atoms with van der Waals surface area (Å²) in [6.07, 6.45) is 1.64. The fourth-order valence-electron chi connectivity index (χ4n) is 1.85. The number of hydrogen-bond donors (Lipinski definition) is 2. The van der Waals surface area contributed by atoms with E-state index in [0.717, 1.165) is 11.3 Å². The second kappa shape index (κ2) is 6.15. The van der Waals surface area contributed by atoms with Gasteiger partial charge in [-0.3, -0.25) is 4.68 Å². The van der Waals surface area contributed by atoms with Crippen molar-refractivity contribution in [2.24, 2.45) is 12.8 Å². The minimum absolute atomic E-state index is 0.147. The first kappa shape index (κ1) is 16.0. The molecule has 0 atom stereocenters. The minimum atomic E-state index is -3.62. The lowest BCUT2D eigenvalue weighted by Gasteiger charge is -2.09. The number of hydrogen-bond acceptors (Lipinski definition) is 4. The third-order valence-corrected chi connectivity index (χ3v) is 5.10. The van der Waals surface area contributed by atoms with E-state index < -0.39 is 10.0 Å². The fraction of sp³-hybridized carbons (Fsp3) is 0.308. The number of halogens is 1. The summed E-state index contributed by atoms with van der Waals surface area (Å²) in [7, 11) is -1.81. The summed E-state index contributed by atoms with van der Waals surface area (Å²) in [5.41, 5.74) is 7.88. The summed E-state index contributed by atoms with van der Waals surface area (Å²) < 4.78 is 28.8. The van der Waals surface area contributed by atoms with Gasteiger partial charge in [-0.05, 0) is 30.7 Å². The van der Waals surface area contributed by atoms with Gasteiger partial charge in [0.15, 0.2) is 0 Å². The summed E-state index contributed by atoms with van der Waals surface area (Å²) in [6.45, 7) is 2.25. The second-order valence-electron chi connectivity index (χ2n) is 4.66. The van der Waals surface area contributed by atoms with Crippen molar-refractivity contribution in [3.63, 3.8) is 0 Å². The van der Waals surface area contributed by atoms with Crippen molar-refractivity contribution in [1.29, 1.82) is 0 Å². The molecule has 3 N–H and O–H groups in total. The van der Waals surface area contributed by atoms with Crippen LogP contribution < -0.4 is 10.5 Å². The highest BCUT2D eigenvalue weighted by Crippen LogP contribution is 2.20. The molecule has 0 amide bonds. The standard InChI is InChI=1S/C13H17ClN4O2S/c1-9-11(7-16-18(9)2)8-17-21(19,20)12-3-4-13(14)10(5-12)6-15/h3-5,7,17H,6,8,15H2,1-2H3. The Morgan fingerprint density at radius 2 is 2.10 bits per heavy atom. The molecule has 6 nitrogen and oxygen atoms in total. The van der Waals surface area contributed by atoms with Crippen LogP contribution in [0.25, 0.3) is 0 Å². The molecule has 0 aliphatic carbocycles. The first-order valence-electron chi connectivity index (χ1n) is 6.31. The zero-order chi connectivity index (χ0) is 15.6. The Hall–Kier alpha value is -1.41. The topological polar surface area (TPSA) is 90.0 Å². The Morgan fingerprint density at radius 1 is 1.38 bits per heavy atom. The van der Waals surface area contributed by atoms with E-state index in [-0.39, 0.29) is 18.0 Å². The van der Waals surface area contributed by atoms with Crippen molar-refractivity contribution in [3.05, 3.63) is 46.2 Å². The molecular weight excluding hydrogens is 312 g/mol. The van der Waals surface area contributed by atoms with Crippen molar-refractivity contribution < 1.29 is 8.42 Å². The van der Waals surface area contributed by atoms with Gasteiger partial charge in [-0.1, -0.05) is 11.6 Å². The first-order chi connectivity index (χ1) is 9.85. The maximum Gasteiger partial charge on any atom is 0.240 e. The lowest BCUT2D eigenvalue weighted by molar-refractivity contribution is 0.581. The average Bonchev–Trinajstić information content (AvgIpc) is 2.77. The van der Waals surface area contributed by atoms with Gasteiger partial charge in [0.05, 0.1) is 11.1 Å². The van der Waals surface area contributed by atoms with Crippen molar-refractivity contribution in [1.82, 2.24) is 14.5 Å². The van der Waals surface area contributed by atoms with Gasteiger partial charge in [0.2, 0.25) is 10.0 Å². The van der Waals surface area contributed by atoms with Crippen LogP contribution in [0.15, 0.2) is 29.3 Å². The van der Waals surface area contributed by atoms with Gasteiger partial charge in [-0.15, -0.1) is 0 Å². The van der Waals surface area contributed by atoms with Crippen LogP contribution in [0.2, 0.25) is 5.02 Å². The van der Waals surface area contributed by atoms with Crippen LogP contribution in [0.5, 0.6) is 0 Å². The van der Waals surface area contributed by atoms with Crippen molar-refractivity contribution in [2.75, 3.05) is 0 Å². The monoisotopic (exact) mass is 328 g/mol. The third kappa shape index (κ3) is 3.44. The molecule has 1 aromatic carbocycles. The summed E-state index contributed by atoms with van der Waals surface area (Å²) in [5, 5.41) is 4.53. The van der Waals surface area contributed by atoms with Crippen molar-refractivity contribution in [3.8, 4) is 0 Å². The SMILES string of the molecule is Cc1c(CNS(=O)(=O)c2ccc(Cl)c(CN)c2)cnn1C. The van der Waals surface area contributed by atoms with Crippen LogP contribution in [0.1, 0.15) is 16.8 Å². The van der Waals surface area contributed by atoms with E-state index in [4.69, 9.17) is 17.3 Å². The summed E-state index contributed by atoms with van der Waals surface area (Å²) in [5.74, 6) is 0. The molecule has 0 saturated heterocycles. The van der Waals surface area contributed by atoms with Gasteiger partial charge in [-0.2, -0.15) is 5.10 Å². The number of nitrogens with one attached hydrogen (secondary N) is 1. The molecule has 1 heterocycles. The van der Waals surface area contributed by atoms with E-state index >= 15 is 0 Å². The Bertz CT molecular complexity index is 756. The number of sulfonamides is 1. The normalized spacial score (nSPS) is 11.8. The Morgan fingerprint density at radius 3 is 2.67 bits per heavy atom. The third-order valence-electron chi connectivity index (χ3n) is 3.34. The van der Waals surface area contributed by atoms with Crippen LogP contribution in [0, 0.1) is 6.92 Å². The molecule has 0 radical (unpaired) electrons. The molecule has 0 fully saturated rings. The van der Waals surface area contributed by atoms with Gasteiger partial charge in [0.1, 0.15) is 0 Å². The molecule has 0 saturated carbocycles. The summed E-state index contributed by atoms with van der Waals surface area (Å²) in [4.78, 5) is 0.147. The van der Waals surface area contributed by atoms with Crippen molar-refractivity contribution in [2.45, 2.75) is 24.9 Å². The molecule has 0 bridgehead atoms. The van der Waals surface area contributed by atoms with Gasteiger partial charge >= 0.3 is 0 Å². The molecule has 114 valence electrons. The lowest BCUT2D eigenvalue weighted by atomic mass is 10.2.